The maximum Gasteiger partial charge on any atom is 0.289 e. The standard InChI is InChI=1S/C18H14Cl2N4O5S/c19-12-5-3-11(4-6-12)17-21-18(29-22-17)15-2-1-9-23(15)30(27,28)13-7-8-14(20)16(10-13)24(25)26/h3-8,10,15H,1-2,9H2. The Kier molecular flexibility index (Phi) is 5.49. The van der Waals surface area contributed by atoms with Gasteiger partial charge in [-0.05, 0) is 49.2 Å². The quantitative estimate of drug-likeness (QED) is 0.399. The normalized spacial score (nSPS) is 17.3. The molecule has 1 aromatic heterocycles. The fourth-order valence-corrected chi connectivity index (χ4v) is 5.27. The van der Waals surface area contributed by atoms with Gasteiger partial charge in [0.1, 0.15) is 11.1 Å². The second kappa shape index (κ2) is 7.95. The summed E-state index contributed by atoms with van der Waals surface area (Å²) < 4.78 is 32.9. The zero-order chi connectivity index (χ0) is 21.5. The summed E-state index contributed by atoms with van der Waals surface area (Å²) in [7, 11) is -4.04. The molecule has 30 heavy (non-hydrogen) atoms. The largest absolute Gasteiger partial charge is 0.337 e. The van der Waals surface area contributed by atoms with Crippen molar-refractivity contribution in [3.05, 3.63) is 68.5 Å². The van der Waals surface area contributed by atoms with Crippen LogP contribution in [-0.4, -0.2) is 34.3 Å². The van der Waals surface area contributed by atoms with E-state index in [0.717, 1.165) is 6.07 Å². The number of aromatic nitrogens is 2. The van der Waals surface area contributed by atoms with Crippen LogP contribution in [0.3, 0.4) is 0 Å². The molecule has 1 aliphatic rings. The summed E-state index contributed by atoms with van der Waals surface area (Å²) in [5, 5.41) is 15.5. The zero-order valence-electron chi connectivity index (χ0n) is 15.2. The molecule has 4 rings (SSSR count). The highest BCUT2D eigenvalue weighted by atomic mass is 35.5. The molecule has 0 N–H and O–H groups in total. The minimum Gasteiger partial charge on any atom is -0.337 e. The SMILES string of the molecule is O=[N+]([O-])c1cc(S(=O)(=O)N2CCCC2c2nc(-c3ccc(Cl)cc3)no2)ccc1Cl. The molecule has 0 aliphatic carbocycles. The van der Waals surface area contributed by atoms with E-state index < -0.39 is 26.7 Å². The van der Waals surface area contributed by atoms with Gasteiger partial charge in [0, 0.05) is 23.2 Å². The highest BCUT2D eigenvalue weighted by molar-refractivity contribution is 7.89. The fraction of sp³-hybridized carbons (Fsp3) is 0.222. The van der Waals surface area contributed by atoms with Crippen LogP contribution >= 0.6 is 23.2 Å². The first kappa shape index (κ1) is 20.7. The van der Waals surface area contributed by atoms with E-state index in [2.05, 4.69) is 10.1 Å². The van der Waals surface area contributed by atoms with Crippen LogP contribution in [0.15, 0.2) is 51.9 Å². The van der Waals surface area contributed by atoms with E-state index in [1.807, 2.05) is 0 Å². The number of benzene rings is 2. The van der Waals surface area contributed by atoms with Crippen molar-refractivity contribution < 1.29 is 17.9 Å². The first-order chi connectivity index (χ1) is 14.3. The molecule has 1 fully saturated rings. The molecular weight excluding hydrogens is 455 g/mol. The molecule has 0 radical (unpaired) electrons. The number of nitro groups is 1. The molecule has 3 aromatic rings. The van der Waals surface area contributed by atoms with Crippen molar-refractivity contribution >= 4 is 38.9 Å². The lowest BCUT2D eigenvalue weighted by atomic mass is 10.2. The monoisotopic (exact) mass is 468 g/mol. The molecule has 1 unspecified atom stereocenters. The Morgan fingerprint density at radius 2 is 1.90 bits per heavy atom. The molecule has 156 valence electrons. The summed E-state index contributed by atoms with van der Waals surface area (Å²) in [6, 6.07) is 9.56. The summed E-state index contributed by atoms with van der Waals surface area (Å²) in [5.41, 5.74) is 0.200. The lowest BCUT2D eigenvalue weighted by molar-refractivity contribution is -0.384. The van der Waals surface area contributed by atoms with Gasteiger partial charge in [-0.1, -0.05) is 28.4 Å². The van der Waals surface area contributed by atoms with Crippen LogP contribution in [0.25, 0.3) is 11.4 Å². The molecular formula is C18H14Cl2N4O5S. The number of hydrogen-bond donors (Lipinski definition) is 0. The first-order valence-electron chi connectivity index (χ1n) is 8.83. The van der Waals surface area contributed by atoms with E-state index in [0.29, 0.717) is 29.3 Å². The number of sulfonamides is 1. The Bertz CT molecular complexity index is 1210. The van der Waals surface area contributed by atoms with Crippen LogP contribution in [0.1, 0.15) is 24.8 Å². The Morgan fingerprint density at radius 3 is 2.60 bits per heavy atom. The summed E-state index contributed by atoms with van der Waals surface area (Å²) in [5.74, 6) is 0.470. The fourth-order valence-electron chi connectivity index (χ4n) is 3.29. The van der Waals surface area contributed by atoms with Crippen LogP contribution in [0, 0.1) is 10.1 Å². The summed E-state index contributed by atoms with van der Waals surface area (Å²) in [6.07, 6.45) is 1.06. The van der Waals surface area contributed by atoms with Crippen molar-refractivity contribution in [3.63, 3.8) is 0 Å². The van der Waals surface area contributed by atoms with Crippen molar-refractivity contribution in [2.24, 2.45) is 0 Å². The Labute approximate surface area is 181 Å². The van der Waals surface area contributed by atoms with Gasteiger partial charge in [-0.15, -0.1) is 0 Å². The van der Waals surface area contributed by atoms with Crippen LogP contribution in [-0.2, 0) is 10.0 Å². The molecule has 1 saturated heterocycles. The smallest absolute Gasteiger partial charge is 0.289 e. The molecule has 0 spiro atoms. The molecule has 9 nitrogen and oxygen atoms in total. The third-order valence-electron chi connectivity index (χ3n) is 4.75. The van der Waals surface area contributed by atoms with Crippen LogP contribution in [0.5, 0.6) is 0 Å². The van der Waals surface area contributed by atoms with Gasteiger partial charge in [-0.3, -0.25) is 10.1 Å². The number of rotatable bonds is 5. The Morgan fingerprint density at radius 1 is 1.17 bits per heavy atom. The number of nitro benzene ring substituents is 1. The maximum absolute atomic E-state index is 13.2. The Hall–Kier alpha value is -2.53. The van der Waals surface area contributed by atoms with Gasteiger partial charge in [0.25, 0.3) is 5.69 Å². The van der Waals surface area contributed by atoms with E-state index >= 15 is 0 Å². The average molecular weight is 469 g/mol. The average Bonchev–Trinajstić information content (AvgIpc) is 3.38. The third-order valence-corrected chi connectivity index (χ3v) is 7.23. The minimum absolute atomic E-state index is 0.138. The second-order valence-electron chi connectivity index (χ2n) is 6.61. The predicted molar refractivity (Wildman–Crippen MR) is 109 cm³/mol. The van der Waals surface area contributed by atoms with Crippen LogP contribution < -0.4 is 0 Å². The number of halogens is 2. The van der Waals surface area contributed by atoms with Gasteiger partial charge in [0.05, 0.1) is 9.82 Å². The van der Waals surface area contributed by atoms with Gasteiger partial charge in [0.15, 0.2) is 0 Å². The van der Waals surface area contributed by atoms with E-state index in [1.54, 1.807) is 24.3 Å². The number of hydrogen-bond acceptors (Lipinski definition) is 7. The van der Waals surface area contributed by atoms with E-state index in [-0.39, 0.29) is 22.4 Å². The highest BCUT2D eigenvalue weighted by Gasteiger charge is 2.40. The minimum atomic E-state index is -4.04. The first-order valence-corrected chi connectivity index (χ1v) is 11.0. The van der Waals surface area contributed by atoms with Crippen molar-refractivity contribution in [1.82, 2.24) is 14.4 Å². The molecule has 0 amide bonds. The summed E-state index contributed by atoms with van der Waals surface area (Å²) >= 11 is 11.7. The molecule has 12 heteroatoms. The van der Waals surface area contributed by atoms with Gasteiger partial charge < -0.3 is 4.52 Å². The van der Waals surface area contributed by atoms with Crippen molar-refractivity contribution in [2.75, 3.05) is 6.54 Å². The zero-order valence-corrected chi connectivity index (χ0v) is 17.6. The number of nitrogens with zero attached hydrogens (tertiary/aromatic N) is 4. The lowest BCUT2D eigenvalue weighted by Crippen LogP contribution is -2.31. The van der Waals surface area contributed by atoms with Crippen molar-refractivity contribution in [2.45, 2.75) is 23.8 Å². The maximum atomic E-state index is 13.2. The predicted octanol–water partition coefficient (Wildman–Crippen LogP) is 4.48. The van der Waals surface area contributed by atoms with Gasteiger partial charge in [-0.2, -0.15) is 9.29 Å². The topological polar surface area (TPSA) is 119 Å². The van der Waals surface area contributed by atoms with E-state index in [4.69, 9.17) is 27.7 Å². The third kappa shape index (κ3) is 3.79. The van der Waals surface area contributed by atoms with Gasteiger partial charge in [-0.25, -0.2) is 8.42 Å². The lowest BCUT2D eigenvalue weighted by Gasteiger charge is -2.21. The Balaban J connectivity index is 1.66. The molecule has 0 bridgehead atoms. The van der Waals surface area contributed by atoms with Crippen LogP contribution in [0.4, 0.5) is 5.69 Å². The molecule has 1 aliphatic heterocycles. The van der Waals surface area contributed by atoms with Crippen molar-refractivity contribution in [1.29, 1.82) is 0 Å². The van der Waals surface area contributed by atoms with Gasteiger partial charge in [0.2, 0.25) is 21.7 Å². The van der Waals surface area contributed by atoms with Crippen LogP contribution in [0.2, 0.25) is 10.0 Å². The molecule has 1 atom stereocenters. The highest BCUT2D eigenvalue weighted by Crippen LogP contribution is 2.38. The van der Waals surface area contributed by atoms with E-state index in [1.165, 1.54) is 16.4 Å². The molecule has 2 heterocycles. The van der Waals surface area contributed by atoms with Crippen molar-refractivity contribution in [3.8, 4) is 11.4 Å². The second-order valence-corrected chi connectivity index (χ2v) is 9.34. The van der Waals surface area contributed by atoms with Gasteiger partial charge >= 0.3 is 0 Å². The summed E-state index contributed by atoms with van der Waals surface area (Å²) in [4.78, 5) is 14.5. The summed E-state index contributed by atoms with van der Waals surface area (Å²) in [6.45, 7) is 0.224. The van der Waals surface area contributed by atoms with E-state index in [9.17, 15) is 18.5 Å². The molecule has 2 aromatic carbocycles. The molecule has 0 saturated carbocycles.